The minimum atomic E-state index is -0.716. The number of carbonyl (C=O) groups excluding carboxylic acids is 4. The van der Waals surface area contributed by atoms with Crippen LogP contribution in [-0.4, -0.2) is 23.8 Å². The molecule has 0 radical (unpaired) electrons. The lowest BCUT2D eigenvalue weighted by molar-refractivity contribution is -0.155. The molecule has 0 aromatic carbocycles. The van der Waals surface area contributed by atoms with Gasteiger partial charge in [-0.2, -0.15) is 11.0 Å². The van der Waals surface area contributed by atoms with Crippen LogP contribution in [0.25, 0.3) is 0 Å². The van der Waals surface area contributed by atoms with Crippen LogP contribution < -0.4 is 11.0 Å². The minimum Gasteiger partial charge on any atom is -0.336 e. The highest BCUT2D eigenvalue weighted by molar-refractivity contribution is 5.88. The van der Waals surface area contributed by atoms with Gasteiger partial charge in [-0.25, -0.2) is 9.59 Å². The largest absolute Gasteiger partial charge is 0.358 e. The number of carbonyl (C=O) groups is 4. The van der Waals surface area contributed by atoms with Crippen molar-refractivity contribution in [2.75, 3.05) is 0 Å². The molecule has 2 amide bonds. The summed E-state index contributed by atoms with van der Waals surface area (Å²) in [5.41, 5.74) is 4.29. The topological polar surface area (TPSA) is 111 Å². The van der Waals surface area contributed by atoms with E-state index < -0.39 is 23.8 Å². The number of hydroxylamine groups is 2. The number of rotatable bonds is 7. The van der Waals surface area contributed by atoms with Crippen molar-refractivity contribution in [1.29, 1.82) is 0 Å². The number of nitrogens with one attached hydrogen (secondary N) is 2. The van der Waals surface area contributed by atoms with Gasteiger partial charge in [-0.05, 0) is 26.7 Å². The van der Waals surface area contributed by atoms with E-state index in [1.807, 2.05) is 11.0 Å². The van der Waals surface area contributed by atoms with Gasteiger partial charge in [-0.3, -0.25) is 9.59 Å². The predicted octanol–water partition coefficient (Wildman–Crippen LogP) is 0.848. The van der Waals surface area contributed by atoms with Crippen molar-refractivity contribution in [3.63, 3.8) is 0 Å². The fourth-order valence-corrected chi connectivity index (χ4v) is 1.05. The molecule has 0 aliphatic heterocycles. The van der Waals surface area contributed by atoms with Gasteiger partial charge in [0, 0.05) is 24.0 Å². The molecule has 0 fully saturated rings. The van der Waals surface area contributed by atoms with Crippen LogP contribution in [0.4, 0.5) is 0 Å². The molecule has 0 rings (SSSR count). The molecule has 0 aliphatic rings. The van der Waals surface area contributed by atoms with Crippen molar-refractivity contribution in [3.8, 4) is 0 Å². The van der Waals surface area contributed by atoms with E-state index >= 15 is 0 Å². The van der Waals surface area contributed by atoms with Crippen LogP contribution in [0.2, 0.25) is 0 Å². The van der Waals surface area contributed by atoms with Crippen molar-refractivity contribution in [1.82, 2.24) is 11.0 Å². The van der Waals surface area contributed by atoms with E-state index in [2.05, 4.69) is 22.8 Å². The van der Waals surface area contributed by atoms with Crippen molar-refractivity contribution < 1.29 is 28.9 Å². The Labute approximate surface area is 128 Å². The first-order valence-electron chi connectivity index (χ1n) is 6.55. The Morgan fingerprint density at radius 2 is 1.09 bits per heavy atom. The maximum Gasteiger partial charge on any atom is 0.358 e. The lowest BCUT2D eigenvalue weighted by Crippen LogP contribution is -2.28. The molecule has 2 N–H and O–H groups in total. The summed E-state index contributed by atoms with van der Waals surface area (Å²) in [5.74, 6) is -2.40. The summed E-state index contributed by atoms with van der Waals surface area (Å²) in [4.78, 5) is 53.5. The summed E-state index contributed by atoms with van der Waals surface area (Å²) in [5, 5.41) is 0. The van der Waals surface area contributed by atoms with E-state index in [0.29, 0.717) is 12.8 Å². The van der Waals surface area contributed by atoms with Crippen LogP contribution in [0.1, 0.15) is 39.5 Å². The van der Waals surface area contributed by atoms with Gasteiger partial charge < -0.3 is 9.68 Å². The first-order chi connectivity index (χ1) is 10.2. The molecule has 22 heavy (non-hydrogen) atoms. The Balaban J connectivity index is 3.71. The summed E-state index contributed by atoms with van der Waals surface area (Å²) >= 11 is 0. The van der Waals surface area contributed by atoms with Gasteiger partial charge in [0.15, 0.2) is 0 Å². The molecule has 0 aromatic rings. The second-order valence-electron chi connectivity index (χ2n) is 4.60. The van der Waals surface area contributed by atoms with Crippen molar-refractivity contribution in [2.24, 2.45) is 0 Å². The zero-order valence-electron chi connectivity index (χ0n) is 12.7. The first-order valence-corrected chi connectivity index (χ1v) is 6.55. The average Bonchev–Trinajstić information content (AvgIpc) is 2.46. The Kier molecular flexibility index (Phi) is 8.92. The third-order valence-electron chi connectivity index (χ3n) is 2.27. The molecule has 8 heteroatoms. The molecule has 0 heterocycles. The number of hydrogen-bond donors (Lipinski definition) is 2. The predicted molar refractivity (Wildman–Crippen MR) is 76.6 cm³/mol. The summed E-state index contributed by atoms with van der Waals surface area (Å²) in [6.45, 7) is 9.62. The highest BCUT2D eigenvalue weighted by Gasteiger charge is 2.09. The fourth-order valence-electron chi connectivity index (χ4n) is 1.05. The van der Waals surface area contributed by atoms with Gasteiger partial charge in [-0.15, -0.1) is 0 Å². The van der Waals surface area contributed by atoms with Crippen LogP contribution in [-0.2, 0) is 28.9 Å². The Hall–Kier alpha value is -2.64. The minimum absolute atomic E-state index is 0.0856. The molecule has 0 aliphatic carbocycles. The standard InChI is InChI=1S/C14H20N2O6/c1-9(2)13(19)21-15-11(17)7-5-6-8-12(18)16-22-14(20)10(3)4/h1,3,5-8H2,2,4H3,(H,15,17)(H,16,18). The van der Waals surface area contributed by atoms with E-state index in [9.17, 15) is 19.2 Å². The normalized spacial score (nSPS) is 9.36. The summed E-state index contributed by atoms with van der Waals surface area (Å²) in [6.07, 6.45) is 0.973. The van der Waals surface area contributed by atoms with Gasteiger partial charge in [0.2, 0.25) is 0 Å². The first kappa shape index (κ1) is 19.4. The Morgan fingerprint density at radius 1 is 0.773 bits per heavy atom. The molecular weight excluding hydrogens is 292 g/mol. The lowest BCUT2D eigenvalue weighted by Gasteiger charge is -2.06. The summed E-state index contributed by atoms with van der Waals surface area (Å²) in [7, 11) is 0. The molecule has 8 nitrogen and oxygen atoms in total. The molecule has 0 saturated carbocycles. The molecule has 0 bridgehead atoms. The van der Waals surface area contributed by atoms with Crippen LogP contribution in [0, 0.1) is 0 Å². The molecule has 0 unspecified atom stereocenters. The highest BCUT2D eigenvalue weighted by atomic mass is 16.7. The third-order valence-corrected chi connectivity index (χ3v) is 2.27. The van der Waals surface area contributed by atoms with E-state index in [1.54, 1.807) is 0 Å². The number of unbranched alkanes of at least 4 members (excludes halogenated alkanes) is 1. The Morgan fingerprint density at radius 3 is 1.36 bits per heavy atom. The molecular formula is C14H20N2O6. The summed E-state index contributed by atoms with van der Waals surface area (Å²) in [6, 6.07) is 0. The fraction of sp³-hybridized carbons (Fsp3) is 0.429. The maximum absolute atomic E-state index is 11.3. The smallest absolute Gasteiger partial charge is 0.336 e. The molecule has 0 aromatic heterocycles. The van der Waals surface area contributed by atoms with Crippen LogP contribution in [0.5, 0.6) is 0 Å². The molecule has 0 spiro atoms. The van der Waals surface area contributed by atoms with Crippen molar-refractivity contribution in [3.05, 3.63) is 24.3 Å². The average molecular weight is 312 g/mol. The van der Waals surface area contributed by atoms with Crippen LogP contribution in [0.3, 0.4) is 0 Å². The van der Waals surface area contributed by atoms with Gasteiger partial charge in [0.25, 0.3) is 11.8 Å². The van der Waals surface area contributed by atoms with Gasteiger partial charge in [0.1, 0.15) is 0 Å². The van der Waals surface area contributed by atoms with E-state index in [0.717, 1.165) is 0 Å². The quantitative estimate of drug-likeness (QED) is 0.409. The van der Waals surface area contributed by atoms with Crippen molar-refractivity contribution in [2.45, 2.75) is 39.5 Å². The molecule has 122 valence electrons. The van der Waals surface area contributed by atoms with Crippen molar-refractivity contribution >= 4 is 23.8 Å². The highest BCUT2D eigenvalue weighted by Crippen LogP contribution is 2.00. The zero-order chi connectivity index (χ0) is 17.1. The third kappa shape index (κ3) is 9.29. The van der Waals surface area contributed by atoms with Gasteiger partial charge >= 0.3 is 11.9 Å². The van der Waals surface area contributed by atoms with E-state index in [1.165, 1.54) is 13.8 Å². The molecule has 0 saturated heterocycles. The Bertz CT molecular complexity index is 440. The zero-order valence-corrected chi connectivity index (χ0v) is 12.7. The maximum atomic E-state index is 11.3. The second kappa shape index (κ2) is 10.1. The van der Waals surface area contributed by atoms with Crippen LogP contribution >= 0.6 is 0 Å². The summed E-state index contributed by atoms with van der Waals surface area (Å²) < 4.78 is 0. The monoisotopic (exact) mass is 312 g/mol. The number of hydrogen-bond acceptors (Lipinski definition) is 6. The van der Waals surface area contributed by atoms with E-state index in [4.69, 9.17) is 0 Å². The van der Waals surface area contributed by atoms with E-state index in [-0.39, 0.29) is 24.0 Å². The molecule has 0 atom stereocenters. The van der Waals surface area contributed by atoms with Gasteiger partial charge in [-0.1, -0.05) is 13.2 Å². The SMILES string of the molecule is C=C(C)C(=O)ONC(=O)CCCCC(=O)NOC(=O)C(=C)C. The van der Waals surface area contributed by atoms with Crippen LogP contribution in [0.15, 0.2) is 24.3 Å². The van der Waals surface area contributed by atoms with Gasteiger partial charge in [0.05, 0.1) is 0 Å². The second-order valence-corrected chi connectivity index (χ2v) is 4.60. The number of amides is 2. The lowest BCUT2D eigenvalue weighted by atomic mass is 10.2.